The van der Waals surface area contributed by atoms with E-state index in [4.69, 9.17) is 0 Å². The van der Waals surface area contributed by atoms with Gasteiger partial charge in [0, 0.05) is 39.5 Å². The number of hydrogen-bond donors (Lipinski definition) is 0. The first-order valence-electron chi connectivity index (χ1n) is 19.3. The van der Waals surface area contributed by atoms with Crippen molar-refractivity contribution >= 4 is 28.0 Å². The molecule has 1 heterocycles. The summed E-state index contributed by atoms with van der Waals surface area (Å²) in [5, 5.41) is 1.07. The van der Waals surface area contributed by atoms with Crippen molar-refractivity contribution in [1.29, 1.82) is 0 Å². The van der Waals surface area contributed by atoms with Crippen LogP contribution in [0, 0.1) is 11.6 Å². The van der Waals surface area contributed by atoms with Crippen molar-refractivity contribution in [2.45, 2.75) is 19.3 Å². The van der Waals surface area contributed by atoms with Crippen molar-refractivity contribution in [3.63, 3.8) is 0 Å². The van der Waals surface area contributed by atoms with Gasteiger partial charge in [0.15, 0.2) is 0 Å². The molecule has 0 bridgehead atoms. The number of hydrogen-bond acceptors (Lipinski definition) is 1. The van der Waals surface area contributed by atoms with Crippen molar-refractivity contribution in [2.75, 3.05) is 4.90 Å². The second kappa shape index (κ2) is 13.6. The van der Waals surface area contributed by atoms with E-state index in [0.717, 1.165) is 62.0 Å². The van der Waals surface area contributed by atoms with Crippen LogP contribution in [0.1, 0.15) is 25.0 Å². The predicted molar refractivity (Wildman–Crippen MR) is 232 cm³/mol. The summed E-state index contributed by atoms with van der Waals surface area (Å²) in [4.78, 5) is 2.29. The van der Waals surface area contributed by atoms with Crippen LogP contribution in [0.3, 0.4) is 0 Å². The predicted octanol–water partition coefficient (Wildman–Crippen LogP) is 14.7. The molecular weight excluding hydrogens is 703 g/mol. The Bertz CT molecular complexity index is 2810. The van der Waals surface area contributed by atoms with Crippen LogP contribution < -0.4 is 4.90 Å². The van der Waals surface area contributed by atoms with Crippen LogP contribution in [0.25, 0.3) is 61.2 Å². The molecule has 0 amide bonds. The summed E-state index contributed by atoms with van der Waals surface area (Å²) < 4.78 is 31.5. The lowest BCUT2D eigenvalue weighted by Crippen LogP contribution is -2.14. The molecule has 0 saturated heterocycles. The maximum absolute atomic E-state index is 14.7. The Morgan fingerprint density at radius 1 is 0.439 bits per heavy atom. The first-order valence-corrected chi connectivity index (χ1v) is 19.3. The highest BCUT2D eigenvalue weighted by Crippen LogP contribution is 2.54. The number of halogens is 2. The zero-order valence-electron chi connectivity index (χ0n) is 31.6. The van der Waals surface area contributed by atoms with Gasteiger partial charge in [-0.3, -0.25) is 0 Å². The highest BCUT2D eigenvalue weighted by Gasteiger charge is 2.40. The van der Waals surface area contributed by atoms with E-state index in [9.17, 15) is 8.78 Å². The Hall–Kier alpha value is -7.04. The molecule has 10 rings (SSSR count). The Morgan fingerprint density at radius 3 is 1.40 bits per heavy atom. The fraction of sp³-hybridized carbons (Fsp3) is 0.0566. The summed E-state index contributed by atoms with van der Waals surface area (Å²) in [7, 11) is 0. The minimum atomic E-state index is -0.601. The van der Waals surface area contributed by atoms with Gasteiger partial charge in [0.1, 0.15) is 11.6 Å². The molecular formula is C53H38F2N2. The lowest BCUT2D eigenvalue weighted by molar-refractivity contribution is 0.582. The molecule has 0 N–H and O–H groups in total. The van der Waals surface area contributed by atoms with Gasteiger partial charge in [0.2, 0.25) is 0 Å². The zero-order chi connectivity index (χ0) is 38.7. The van der Waals surface area contributed by atoms with E-state index in [1.54, 1.807) is 0 Å². The Balaban J connectivity index is 1.07. The number of nitrogens with zero attached hydrogens (tertiary/aromatic N) is 2. The molecule has 0 fully saturated rings. The van der Waals surface area contributed by atoms with Crippen molar-refractivity contribution < 1.29 is 8.78 Å². The van der Waals surface area contributed by atoms with Gasteiger partial charge in [0.05, 0.1) is 16.9 Å². The number of rotatable bonds is 7. The van der Waals surface area contributed by atoms with Crippen molar-refractivity contribution in [3.05, 3.63) is 217 Å². The smallest absolute Gasteiger partial charge is 0.128 e. The van der Waals surface area contributed by atoms with Crippen LogP contribution in [0.2, 0.25) is 0 Å². The number of aromatic nitrogens is 1. The molecule has 2 nitrogen and oxygen atoms in total. The summed E-state index contributed by atoms with van der Waals surface area (Å²) >= 11 is 0. The molecule has 1 aliphatic rings. The molecule has 0 unspecified atom stereocenters. The van der Waals surface area contributed by atoms with Gasteiger partial charge >= 0.3 is 0 Å². The second-order valence-corrected chi connectivity index (χ2v) is 15.3. The third kappa shape index (κ3) is 5.93. The number of anilines is 3. The maximum Gasteiger partial charge on any atom is 0.128 e. The van der Waals surface area contributed by atoms with E-state index in [2.05, 4.69) is 176 Å². The first kappa shape index (κ1) is 34.5. The monoisotopic (exact) mass is 740 g/mol. The van der Waals surface area contributed by atoms with Crippen molar-refractivity contribution in [2.24, 2.45) is 0 Å². The van der Waals surface area contributed by atoms with Gasteiger partial charge in [-0.15, -0.1) is 0 Å². The highest BCUT2D eigenvalue weighted by molar-refractivity contribution is 6.01. The van der Waals surface area contributed by atoms with E-state index < -0.39 is 11.6 Å². The lowest BCUT2D eigenvalue weighted by atomic mass is 9.81. The fourth-order valence-corrected chi connectivity index (χ4v) is 8.78. The van der Waals surface area contributed by atoms with Gasteiger partial charge < -0.3 is 9.47 Å². The minimum absolute atomic E-state index is 0.323. The second-order valence-electron chi connectivity index (χ2n) is 15.3. The molecule has 0 radical (unpaired) electrons. The molecule has 1 aliphatic carbocycles. The van der Waals surface area contributed by atoms with Gasteiger partial charge in [0.25, 0.3) is 0 Å². The topological polar surface area (TPSA) is 8.17 Å². The fourth-order valence-electron chi connectivity index (χ4n) is 8.78. The van der Waals surface area contributed by atoms with Gasteiger partial charge in [-0.2, -0.15) is 0 Å². The molecule has 0 saturated carbocycles. The summed E-state index contributed by atoms with van der Waals surface area (Å²) in [6, 6.07) is 65.7. The molecule has 57 heavy (non-hydrogen) atoms. The van der Waals surface area contributed by atoms with Crippen LogP contribution in [0.15, 0.2) is 194 Å². The third-order valence-corrected chi connectivity index (χ3v) is 11.5. The molecule has 0 atom stereocenters. The highest BCUT2D eigenvalue weighted by atomic mass is 19.1. The molecule has 274 valence electrons. The van der Waals surface area contributed by atoms with Crippen LogP contribution in [0.4, 0.5) is 25.8 Å². The first-order chi connectivity index (χ1) is 27.8. The SMILES string of the molecule is CC1(C)c2ccccc2-c2c1c1cc(-c3ccc(N(c4ccc(-c5ccccc5)cc4)c4ccc(-c5ccccc5)cc4)cc3)ccc1n2-c1cc(F)cc(F)c1. The average molecular weight is 741 g/mol. The minimum Gasteiger partial charge on any atom is -0.311 e. The van der Waals surface area contributed by atoms with Crippen LogP contribution in [-0.4, -0.2) is 4.57 Å². The van der Waals surface area contributed by atoms with E-state index in [0.29, 0.717) is 5.69 Å². The van der Waals surface area contributed by atoms with E-state index in [1.165, 1.54) is 39.9 Å². The normalized spacial score (nSPS) is 12.7. The van der Waals surface area contributed by atoms with E-state index >= 15 is 0 Å². The standard InChI is InChI=1S/C53H38F2N2/c1-53(2)49-16-10-9-15-47(49)52-51(53)48-31-40(23-30-50(48)57(52)46-33-41(54)32-42(55)34-46)39-21-28-45(29-22-39)56(43-24-17-37(18-25-43)35-11-5-3-6-12-35)44-26-19-38(20-27-44)36-13-7-4-8-14-36/h3-34H,1-2H3. The summed E-state index contributed by atoms with van der Waals surface area (Å²) in [6.07, 6.45) is 0. The summed E-state index contributed by atoms with van der Waals surface area (Å²) in [6.45, 7) is 4.48. The number of benzene rings is 8. The molecule has 8 aromatic carbocycles. The summed E-state index contributed by atoms with van der Waals surface area (Å²) in [5.41, 5.74) is 15.5. The van der Waals surface area contributed by atoms with Gasteiger partial charge in [-0.25, -0.2) is 8.78 Å². The molecule has 4 heteroatoms. The molecule has 0 spiro atoms. The summed E-state index contributed by atoms with van der Waals surface area (Å²) in [5.74, 6) is -1.20. The van der Waals surface area contributed by atoms with Gasteiger partial charge in [-0.1, -0.05) is 141 Å². The van der Waals surface area contributed by atoms with Gasteiger partial charge in [-0.05, 0) is 105 Å². The number of fused-ring (bicyclic) bond motifs is 5. The third-order valence-electron chi connectivity index (χ3n) is 11.5. The average Bonchev–Trinajstić information content (AvgIpc) is 3.71. The molecule has 9 aromatic rings. The van der Waals surface area contributed by atoms with E-state index in [1.807, 2.05) is 22.8 Å². The Labute approximate surface area is 331 Å². The van der Waals surface area contributed by atoms with Crippen LogP contribution in [-0.2, 0) is 5.41 Å². The molecule has 1 aromatic heterocycles. The maximum atomic E-state index is 14.7. The quantitative estimate of drug-likeness (QED) is 0.158. The largest absolute Gasteiger partial charge is 0.311 e. The van der Waals surface area contributed by atoms with Crippen LogP contribution in [0.5, 0.6) is 0 Å². The Morgan fingerprint density at radius 2 is 0.877 bits per heavy atom. The Kier molecular flexibility index (Phi) is 8.23. The van der Waals surface area contributed by atoms with E-state index in [-0.39, 0.29) is 5.41 Å². The van der Waals surface area contributed by atoms with Crippen LogP contribution >= 0.6 is 0 Å². The van der Waals surface area contributed by atoms with Crippen molar-refractivity contribution in [3.8, 4) is 50.3 Å². The zero-order valence-corrected chi connectivity index (χ0v) is 31.6. The van der Waals surface area contributed by atoms with Crippen molar-refractivity contribution in [1.82, 2.24) is 4.57 Å². The lowest BCUT2D eigenvalue weighted by Gasteiger charge is -2.26. The molecule has 0 aliphatic heterocycles.